The van der Waals surface area contributed by atoms with Crippen LogP contribution in [0.1, 0.15) is 44.7 Å². The zero-order valence-corrected chi connectivity index (χ0v) is 12.9. The van der Waals surface area contributed by atoms with Crippen molar-refractivity contribution in [1.29, 1.82) is 0 Å². The number of hydrogen-bond donors (Lipinski definition) is 1. The van der Waals surface area contributed by atoms with E-state index in [1.54, 1.807) is 12.1 Å². The van der Waals surface area contributed by atoms with Crippen molar-refractivity contribution in [1.82, 2.24) is 0 Å². The molecular formula is C18H22O3. The lowest BCUT2D eigenvalue weighted by molar-refractivity contribution is -0.131. The smallest absolute Gasteiger partial charge is 0.315 e. The van der Waals surface area contributed by atoms with Gasteiger partial charge in [0.15, 0.2) is 0 Å². The van der Waals surface area contributed by atoms with Gasteiger partial charge < -0.3 is 9.84 Å². The number of phenolic OH excluding ortho intramolecular Hbond substituents is 1. The molecule has 1 aliphatic rings. The highest BCUT2D eigenvalue weighted by atomic mass is 16.5. The van der Waals surface area contributed by atoms with Crippen LogP contribution in [0.5, 0.6) is 11.5 Å². The molecule has 0 radical (unpaired) electrons. The van der Waals surface area contributed by atoms with Gasteiger partial charge in [0.25, 0.3) is 0 Å². The Hall–Kier alpha value is -2.03. The second-order valence-electron chi connectivity index (χ2n) is 5.77. The number of phenols is 1. The number of rotatable bonds is 5. The fourth-order valence-corrected chi connectivity index (χ4v) is 2.45. The minimum Gasteiger partial charge on any atom is -0.508 e. The lowest BCUT2D eigenvalue weighted by atomic mass is 9.99. The summed E-state index contributed by atoms with van der Waals surface area (Å²) in [6, 6.07) is 3.25. The number of aromatic hydroxyl groups is 1. The largest absolute Gasteiger partial charge is 0.508 e. The molecule has 0 atom stereocenters. The Labute approximate surface area is 125 Å². The summed E-state index contributed by atoms with van der Waals surface area (Å²) >= 11 is 0. The summed E-state index contributed by atoms with van der Waals surface area (Å²) in [5.41, 5.74) is 4.25. The highest BCUT2D eigenvalue weighted by Gasteiger charge is 2.24. The van der Waals surface area contributed by atoms with Gasteiger partial charge in [0.05, 0.1) is 6.42 Å². The Morgan fingerprint density at radius 3 is 2.76 bits per heavy atom. The molecule has 3 nitrogen and oxygen atoms in total. The van der Waals surface area contributed by atoms with Gasteiger partial charge in [-0.2, -0.15) is 0 Å². The monoisotopic (exact) mass is 286 g/mol. The van der Waals surface area contributed by atoms with Crippen LogP contribution >= 0.6 is 0 Å². The number of ether oxygens (including phenoxy) is 1. The molecule has 1 heterocycles. The molecule has 0 unspecified atom stereocenters. The minimum absolute atomic E-state index is 0.236. The predicted octanol–water partition coefficient (Wildman–Crippen LogP) is 4.09. The molecule has 1 aliphatic heterocycles. The van der Waals surface area contributed by atoms with Crippen molar-refractivity contribution in [3.8, 4) is 11.5 Å². The van der Waals surface area contributed by atoms with Crippen molar-refractivity contribution < 1.29 is 14.6 Å². The van der Waals surface area contributed by atoms with Gasteiger partial charge in [0.2, 0.25) is 0 Å². The molecule has 0 spiro atoms. The maximum atomic E-state index is 11.4. The molecular weight excluding hydrogens is 264 g/mol. The van der Waals surface area contributed by atoms with Crippen molar-refractivity contribution in [2.45, 2.75) is 46.5 Å². The fourth-order valence-electron chi connectivity index (χ4n) is 2.45. The molecule has 1 N–H and O–H groups in total. The van der Waals surface area contributed by atoms with E-state index in [-0.39, 0.29) is 18.1 Å². The SMILES string of the molecule is CC(C)=CCC/C(C)=C/Cc1c(O)ccc2c1CC(=O)O2. The molecule has 1 aromatic rings. The van der Waals surface area contributed by atoms with E-state index in [1.807, 2.05) is 0 Å². The highest BCUT2D eigenvalue weighted by molar-refractivity contribution is 5.82. The standard InChI is InChI=1S/C18H22O3/c1-12(2)5-4-6-13(3)7-8-14-15-11-18(20)21-17(15)10-9-16(14)19/h5,7,9-10,19H,4,6,8,11H2,1-3H3/b13-7+. The Morgan fingerprint density at radius 2 is 2.05 bits per heavy atom. The first-order valence-electron chi connectivity index (χ1n) is 7.30. The van der Waals surface area contributed by atoms with Crippen molar-refractivity contribution in [3.05, 3.63) is 46.6 Å². The van der Waals surface area contributed by atoms with Crippen LogP contribution in [-0.4, -0.2) is 11.1 Å². The number of carbonyl (C=O) groups is 1. The molecule has 112 valence electrons. The lowest BCUT2D eigenvalue weighted by Gasteiger charge is -2.07. The Balaban J connectivity index is 2.08. The summed E-state index contributed by atoms with van der Waals surface area (Å²) < 4.78 is 5.12. The third kappa shape index (κ3) is 3.97. The van der Waals surface area contributed by atoms with E-state index in [4.69, 9.17) is 4.74 Å². The van der Waals surface area contributed by atoms with Crippen LogP contribution in [0.25, 0.3) is 0 Å². The van der Waals surface area contributed by atoms with Gasteiger partial charge in [-0.25, -0.2) is 0 Å². The van der Waals surface area contributed by atoms with Crippen molar-refractivity contribution in [2.75, 3.05) is 0 Å². The second-order valence-corrected chi connectivity index (χ2v) is 5.77. The molecule has 0 aliphatic carbocycles. The topological polar surface area (TPSA) is 46.5 Å². The van der Waals surface area contributed by atoms with Crippen LogP contribution in [0.2, 0.25) is 0 Å². The maximum absolute atomic E-state index is 11.4. The normalized spacial score (nSPS) is 13.9. The first-order chi connectivity index (χ1) is 9.97. The molecule has 0 bridgehead atoms. The average molecular weight is 286 g/mol. The number of esters is 1. The molecule has 0 aromatic heterocycles. The lowest BCUT2D eigenvalue weighted by Crippen LogP contribution is -2.00. The molecule has 3 heteroatoms. The van der Waals surface area contributed by atoms with Crippen LogP contribution in [0.3, 0.4) is 0 Å². The van der Waals surface area contributed by atoms with Crippen LogP contribution in [0, 0.1) is 0 Å². The molecule has 0 saturated carbocycles. The van der Waals surface area contributed by atoms with E-state index in [1.165, 1.54) is 11.1 Å². The molecule has 2 rings (SSSR count). The van der Waals surface area contributed by atoms with E-state index < -0.39 is 0 Å². The molecule has 0 fully saturated rings. The summed E-state index contributed by atoms with van der Waals surface area (Å²) in [6.07, 6.45) is 7.27. The first kappa shape index (κ1) is 15.4. The molecule has 21 heavy (non-hydrogen) atoms. The zero-order valence-electron chi connectivity index (χ0n) is 12.9. The van der Waals surface area contributed by atoms with Crippen LogP contribution in [0.4, 0.5) is 0 Å². The summed E-state index contributed by atoms with van der Waals surface area (Å²) in [5.74, 6) is 0.574. The average Bonchev–Trinajstić information content (AvgIpc) is 2.78. The van der Waals surface area contributed by atoms with E-state index in [0.717, 1.165) is 24.0 Å². The quantitative estimate of drug-likeness (QED) is 0.504. The van der Waals surface area contributed by atoms with Crippen LogP contribution < -0.4 is 4.74 Å². The van der Waals surface area contributed by atoms with E-state index >= 15 is 0 Å². The van der Waals surface area contributed by atoms with Gasteiger partial charge >= 0.3 is 5.97 Å². The van der Waals surface area contributed by atoms with E-state index in [2.05, 4.69) is 32.9 Å². The van der Waals surface area contributed by atoms with Gasteiger partial charge in [-0.1, -0.05) is 23.3 Å². The number of hydrogen-bond acceptors (Lipinski definition) is 3. The van der Waals surface area contributed by atoms with Gasteiger partial charge in [0, 0.05) is 11.1 Å². The number of benzene rings is 1. The van der Waals surface area contributed by atoms with E-state index in [9.17, 15) is 9.90 Å². The van der Waals surface area contributed by atoms with E-state index in [0.29, 0.717) is 12.2 Å². The number of carbonyl (C=O) groups excluding carboxylic acids is 1. The van der Waals surface area contributed by atoms with Crippen molar-refractivity contribution in [3.63, 3.8) is 0 Å². The highest BCUT2D eigenvalue weighted by Crippen LogP contribution is 2.35. The second kappa shape index (κ2) is 6.61. The summed E-state index contributed by atoms with van der Waals surface area (Å²) in [6.45, 7) is 6.30. The summed E-state index contributed by atoms with van der Waals surface area (Å²) in [7, 11) is 0. The zero-order chi connectivity index (χ0) is 15.4. The predicted molar refractivity (Wildman–Crippen MR) is 83.6 cm³/mol. The fraction of sp³-hybridized carbons (Fsp3) is 0.389. The van der Waals surface area contributed by atoms with Crippen LogP contribution in [0.15, 0.2) is 35.4 Å². The Kier molecular flexibility index (Phi) is 4.84. The third-order valence-electron chi connectivity index (χ3n) is 3.65. The van der Waals surface area contributed by atoms with Gasteiger partial charge in [0.1, 0.15) is 11.5 Å². The van der Waals surface area contributed by atoms with Crippen LogP contribution in [-0.2, 0) is 17.6 Å². The Bertz CT molecular complexity index is 605. The number of fused-ring (bicyclic) bond motifs is 1. The molecule has 0 amide bonds. The van der Waals surface area contributed by atoms with Crippen molar-refractivity contribution in [2.24, 2.45) is 0 Å². The first-order valence-corrected chi connectivity index (χ1v) is 7.30. The third-order valence-corrected chi connectivity index (χ3v) is 3.65. The Morgan fingerprint density at radius 1 is 1.29 bits per heavy atom. The minimum atomic E-state index is -0.249. The molecule has 1 aromatic carbocycles. The molecule has 0 saturated heterocycles. The summed E-state index contributed by atoms with van der Waals surface area (Å²) in [4.78, 5) is 11.4. The number of allylic oxidation sites excluding steroid dienone is 4. The van der Waals surface area contributed by atoms with Crippen molar-refractivity contribution >= 4 is 5.97 Å². The summed E-state index contributed by atoms with van der Waals surface area (Å²) in [5, 5.41) is 10.0. The van der Waals surface area contributed by atoms with Gasteiger partial charge in [-0.05, 0) is 52.2 Å². The van der Waals surface area contributed by atoms with Gasteiger partial charge in [-0.15, -0.1) is 0 Å². The van der Waals surface area contributed by atoms with Gasteiger partial charge in [-0.3, -0.25) is 4.79 Å². The maximum Gasteiger partial charge on any atom is 0.315 e.